The van der Waals surface area contributed by atoms with Gasteiger partial charge < -0.3 is 25.2 Å². The molecular weight excluding hydrogens is 260 g/mol. The van der Waals surface area contributed by atoms with E-state index in [1.807, 2.05) is 12.1 Å². The Morgan fingerprint density at radius 3 is 2.75 bits per heavy atom. The van der Waals surface area contributed by atoms with Gasteiger partial charge in [-0.1, -0.05) is 6.07 Å². The summed E-state index contributed by atoms with van der Waals surface area (Å²) in [7, 11) is 3.15. The molecule has 1 aromatic carbocycles. The molecule has 0 radical (unpaired) electrons. The van der Waals surface area contributed by atoms with Crippen LogP contribution < -0.4 is 20.1 Å². The monoisotopic (exact) mass is 280 g/mol. The maximum atomic E-state index is 11.9. The minimum atomic E-state index is -0.438. The quantitative estimate of drug-likeness (QED) is 0.710. The van der Waals surface area contributed by atoms with Crippen LogP contribution in [0.2, 0.25) is 0 Å². The average molecular weight is 280 g/mol. The van der Waals surface area contributed by atoms with Gasteiger partial charge in [0.05, 0.1) is 26.4 Å². The Hall–Kier alpha value is -1.79. The maximum absolute atomic E-state index is 11.9. The van der Waals surface area contributed by atoms with Gasteiger partial charge in [-0.25, -0.2) is 0 Å². The Morgan fingerprint density at radius 1 is 1.40 bits per heavy atom. The van der Waals surface area contributed by atoms with E-state index in [1.165, 1.54) is 0 Å². The minimum absolute atomic E-state index is 0.101. The zero-order valence-corrected chi connectivity index (χ0v) is 11.7. The largest absolute Gasteiger partial charge is 0.493 e. The van der Waals surface area contributed by atoms with Crippen molar-refractivity contribution >= 4 is 5.91 Å². The van der Waals surface area contributed by atoms with Gasteiger partial charge in [0.1, 0.15) is 0 Å². The molecule has 0 aliphatic carbocycles. The summed E-state index contributed by atoms with van der Waals surface area (Å²) in [6.45, 7) is 0.877. The van der Waals surface area contributed by atoms with Crippen molar-refractivity contribution < 1.29 is 19.4 Å². The predicted octanol–water partition coefficient (Wildman–Crippen LogP) is 0.0428. The molecular formula is C14H20N2O4. The fraction of sp³-hybridized carbons (Fsp3) is 0.500. The number of amides is 1. The molecule has 1 amide bonds. The van der Waals surface area contributed by atoms with Gasteiger partial charge in [-0.05, 0) is 24.1 Å². The van der Waals surface area contributed by atoms with Gasteiger partial charge in [0.25, 0.3) is 0 Å². The van der Waals surface area contributed by atoms with Crippen molar-refractivity contribution in [1.29, 1.82) is 0 Å². The summed E-state index contributed by atoms with van der Waals surface area (Å²) >= 11 is 0. The van der Waals surface area contributed by atoms with Crippen LogP contribution in [0.3, 0.4) is 0 Å². The Kier molecular flexibility index (Phi) is 4.81. The van der Waals surface area contributed by atoms with Gasteiger partial charge in [0.2, 0.25) is 5.91 Å². The van der Waals surface area contributed by atoms with E-state index in [4.69, 9.17) is 9.47 Å². The summed E-state index contributed by atoms with van der Waals surface area (Å²) in [6, 6.07) is 5.19. The van der Waals surface area contributed by atoms with E-state index in [0.29, 0.717) is 31.0 Å². The first kappa shape index (κ1) is 14.6. The lowest BCUT2D eigenvalue weighted by Crippen LogP contribution is -2.39. The summed E-state index contributed by atoms with van der Waals surface area (Å²) in [4.78, 5) is 11.9. The molecule has 1 heterocycles. The molecule has 0 bridgehead atoms. The molecule has 2 atom stereocenters. The van der Waals surface area contributed by atoms with Crippen molar-refractivity contribution in [3.63, 3.8) is 0 Å². The van der Waals surface area contributed by atoms with E-state index in [1.54, 1.807) is 20.3 Å². The normalized spacial score (nSPS) is 21.6. The number of carbonyl (C=O) groups excluding carboxylic acids is 1. The van der Waals surface area contributed by atoms with Crippen molar-refractivity contribution in [3.05, 3.63) is 23.8 Å². The molecule has 0 unspecified atom stereocenters. The van der Waals surface area contributed by atoms with Crippen molar-refractivity contribution in [2.24, 2.45) is 0 Å². The lowest BCUT2D eigenvalue weighted by Gasteiger charge is -2.13. The van der Waals surface area contributed by atoms with E-state index < -0.39 is 6.10 Å². The fourth-order valence-corrected chi connectivity index (χ4v) is 2.22. The predicted molar refractivity (Wildman–Crippen MR) is 73.8 cm³/mol. The molecule has 0 saturated carbocycles. The smallest absolute Gasteiger partial charge is 0.237 e. The second kappa shape index (κ2) is 6.58. The van der Waals surface area contributed by atoms with Crippen LogP contribution >= 0.6 is 0 Å². The lowest BCUT2D eigenvalue weighted by molar-refractivity contribution is -0.123. The number of aliphatic hydroxyl groups excluding tert-OH is 1. The third-order valence-electron chi connectivity index (χ3n) is 3.34. The van der Waals surface area contributed by atoms with Crippen LogP contribution in [0.15, 0.2) is 18.2 Å². The molecule has 110 valence electrons. The van der Waals surface area contributed by atoms with Crippen LogP contribution in [0.25, 0.3) is 0 Å². The number of methoxy groups -OCH3 is 2. The second-order valence-electron chi connectivity index (χ2n) is 4.76. The first-order valence-electron chi connectivity index (χ1n) is 6.54. The highest BCUT2D eigenvalue weighted by molar-refractivity contribution is 5.82. The SMILES string of the molecule is COc1ccc(CNC(=O)[C@H]2C[C@@H](O)CN2)cc1OC. The number of carbonyl (C=O) groups is 1. The van der Waals surface area contributed by atoms with Gasteiger partial charge in [-0.15, -0.1) is 0 Å². The topological polar surface area (TPSA) is 79.8 Å². The average Bonchev–Trinajstić information content (AvgIpc) is 2.91. The number of β-amino-alcohol motifs (C(OH)–C–C–N with tert-alkyl or cyclic N) is 1. The highest BCUT2D eigenvalue weighted by atomic mass is 16.5. The number of nitrogens with one attached hydrogen (secondary N) is 2. The zero-order valence-electron chi connectivity index (χ0n) is 11.7. The third-order valence-corrected chi connectivity index (χ3v) is 3.34. The Balaban J connectivity index is 1.92. The van der Waals surface area contributed by atoms with Crippen molar-refractivity contribution in [1.82, 2.24) is 10.6 Å². The summed E-state index contributed by atoms with van der Waals surface area (Å²) < 4.78 is 10.4. The van der Waals surface area contributed by atoms with Gasteiger partial charge in [0.15, 0.2) is 11.5 Å². The van der Waals surface area contributed by atoms with E-state index in [9.17, 15) is 9.90 Å². The van der Waals surface area contributed by atoms with Gasteiger partial charge >= 0.3 is 0 Å². The molecule has 1 aliphatic rings. The third kappa shape index (κ3) is 3.40. The maximum Gasteiger partial charge on any atom is 0.237 e. The fourth-order valence-electron chi connectivity index (χ4n) is 2.22. The molecule has 1 saturated heterocycles. The van der Waals surface area contributed by atoms with Crippen LogP contribution in [0.4, 0.5) is 0 Å². The van der Waals surface area contributed by atoms with Crippen molar-refractivity contribution in [2.75, 3.05) is 20.8 Å². The van der Waals surface area contributed by atoms with Crippen LogP contribution in [0, 0.1) is 0 Å². The lowest BCUT2D eigenvalue weighted by atomic mass is 10.1. The van der Waals surface area contributed by atoms with E-state index in [2.05, 4.69) is 10.6 Å². The molecule has 3 N–H and O–H groups in total. The molecule has 0 aromatic heterocycles. The number of hydrogen-bond acceptors (Lipinski definition) is 5. The van der Waals surface area contributed by atoms with Crippen LogP contribution in [0.1, 0.15) is 12.0 Å². The highest BCUT2D eigenvalue weighted by Gasteiger charge is 2.27. The van der Waals surface area contributed by atoms with Crippen LogP contribution in [-0.2, 0) is 11.3 Å². The molecule has 2 rings (SSSR count). The molecule has 20 heavy (non-hydrogen) atoms. The second-order valence-corrected chi connectivity index (χ2v) is 4.76. The van der Waals surface area contributed by atoms with Crippen LogP contribution in [0.5, 0.6) is 11.5 Å². The minimum Gasteiger partial charge on any atom is -0.493 e. The summed E-state index contributed by atoms with van der Waals surface area (Å²) in [5.74, 6) is 1.19. The standard InChI is InChI=1S/C14H20N2O4/c1-19-12-4-3-9(5-13(12)20-2)7-16-14(18)11-6-10(17)8-15-11/h3-5,10-11,15,17H,6-8H2,1-2H3,(H,16,18)/t10-,11-/m1/s1. The number of hydrogen-bond donors (Lipinski definition) is 3. The molecule has 6 heteroatoms. The number of rotatable bonds is 5. The van der Waals surface area contributed by atoms with Gasteiger partial charge in [-0.3, -0.25) is 4.79 Å². The Labute approximate surface area is 118 Å². The Morgan fingerprint density at radius 2 is 2.15 bits per heavy atom. The first-order valence-corrected chi connectivity index (χ1v) is 6.54. The summed E-state index contributed by atoms with van der Waals surface area (Å²) in [5, 5.41) is 15.2. The van der Waals surface area contributed by atoms with E-state index in [0.717, 1.165) is 5.56 Å². The van der Waals surface area contributed by atoms with E-state index in [-0.39, 0.29) is 11.9 Å². The van der Waals surface area contributed by atoms with Gasteiger partial charge in [0, 0.05) is 13.1 Å². The summed E-state index contributed by atoms with van der Waals surface area (Å²) in [5.41, 5.74) is 0.926. The molecule has 1 aliphatic heterocycles. The number of aliphatic hydroxyl groups is 1. The summed E-state index contributed by atoms with van der Waals surface area (Å²) in [6.07, 6.45) is 0.0180. The van der Waals surface area contributed by atoms with Gasteiger partial charge in [-0.2, -0.15) is 0 Å². The van der Waals surface area contributed by atoms with Crippen molar-refractivity contribution in [3.8, 4) is 11.5 Å². The Bertz CT molecular complexity index is 478. The number of ether oxygens (including phenoxy) is 2. The van der Waals surface area contributed by atoms with E-state index >= 15 is 0 Å². The van der Waals surface area contributed by atoms with Crippen LogP contribution in [-0.4, -0.2) is 43.9 Å². The molecule has 6 nitrogen and oxygen atoms in total. The molecule has 0 spiro atoms. The zero-order chi connectivity index (χ0) is 14.5. The molecule has 1 aromatic rings. The molecule has 1 fully saturated rings. The number of benzene rings is 1. The first-order chi connectivity index (χ1) is 9.63. The highest BCUT2D eigenvalue weighted by Crippen LogP contribution is 2.27. The van der Waals surface area contributed by atoms with Crippen molar-refractivity contribution in [2.45, 2.75) is 25.1 Å².